The first-order chi connectivity index (χ1) is 39.6. The Balaban J connectivity index is 0.000000136. The topological polar surface area (TPSA) is 77.3 Å². The Labute approximate surface area is 494 Å². The van der Waals surface area contributed by atoms with Crippen molar-refractivity contribution in [3.63, 3.8) is 0 Å². The molecular weight excluding hydrogens is 1190 g/mol. The third-order valence-electron chi connectivity index (χ3n) is 13.6. The monoisotopic (exact) mass is 1250 g/mol. The zero-order valence-corrected chi connectivity index (χ0v) is 51.3. The van der Waals surface area contributed by atoms with Gasteiger partial charge in [-0.05, 0) is 0 Å². The second-order valence-corrected chi connectivity index (χ2v) is 23.4. The van der Waals surface area contributed by atoms with Crippen LogP contribution in [0.4, 0.5) is 0 Å². The Morgan fingerprint density at radius 2 is 0.321 bits per heavy atom. The third-order valence-corrected chi connectivity index (χ3v) is 17.0. The van der Waals surface area contributed by atoms with Gasteiger partial charge in [-0.15, -0.1) is 0 Å². The summed E-state index contributed by atoms with van der Waals surface area (Å²) in [5.41, 5.74) is 27.7. The van der Waals surface area contributed by atoms with Crippen LogP contribution in [0.2, 0.25) is 0 Å². The summed E-state index contributed by atoms with van der Waals surface area (Å²) < 4.78 is 28.0. The van der Waals surface area contributed by atoms with Crippen LogP contribution in [0.5, 0.6) is 0 Å². The van der Waals surface area contributed by atoms with E-state index in [-0.39, 0.29) is 44.9 Å². The number of aromatic nitrogens is 6. The Morgan fingerprint density at radius 3 is 0.457 bits per heavy atom. The van der Waals surface area contributed by atoms with E-state index in [9.17, 15) is 0 Å². The van der Waals surface area contributed by atoms with Gasteiger partial charge in [-0.2, -0.15) is 0 Å². The second kappa shape index (κ2) is 27.3. The first kappa shape index (κ1) is 56.1. The molecule has 396 valence electrons. The molecule has 0 radical (unpaired) electrons. The molecule has 0 aliphatic carbocycles. The van der Waals surface area contributed by atoms with E-state index in [1.54, 1.807) is 0 Å². The van der Waals surface area contributed by atoms with E-state index < -0.39 is 0 Å². The zero-order chi connectivity index (χ0) is 55.9. The fourth-order valence-corrected chi connectivity index (χ4v) is 12.4. The Hall–Kier alpha value is -8.22. The van der Waals surface area contributed by atoms with Crippen molar-refractivity contribution in [2.75, 3.05) is 0 Å². The van der Waals surface area contributed by atoms with Crippen LogP contribution in [0.1, 0.15) is 100 Å². The number of hydrogen-bond donors (Lipinski definition) is 0. The number of rotatable bonds is 12. The fraction of sp³-hybridized carbons (Fsp3) is 0.0833. The number of fused-ring (bicyclic) bond motifs is 3. The number of aryl methyl sites for hydroxylation is 6. The molecule has 9 heteroatoms. The molecule has 0 fully saturated rings. The van der Waals surface area contributed by atoms with Crippen molar-refractivity contribution in [2.45, 2.75) is 41.5 Å². The molecule has 6 nitrogen and oxygen atoms in total. The van der Waals surface area contributed by atoms with Crippen LogP contribution in [0, 0.1) is 41.5 Å². The van der Waals surface area contributed by atoms with Gasteiger partial charge in [0.1, 0.15) is 0 Å². The first-order valence-electron chi connectivity index (χ1n) is 26.8. The minimum atomic E-state index is -0.0530. The van der Waals surface area contributed by atoms with Gasteiger partial charge in [0, 0.05) is 0 Å². The molecule has 3 aromatic heterocycles. The molecule has 0 unspecified atom stereocenters. The normalized spacial score (nSPS) is 11.8. The van der Waals surface area contributed by atoms with E-state index in [1.807, 2.05) is 0 Å². The summed E-state index contributed by atoms with van der Waals surface area (Å²) in [5, 5.41) is 0. The Kier molecular flexibility index (Phi) is 18.9. The van der Waals surface area contributed by atoms with Gasteiger partial charge in [0.05, 0.1) is 0 Å². The molecule has 9 aromatic carbocycles. The molecule has 0 amide bonds. The van der Waals surface area contributed by atoms with E-state index in [4.69, 9.17) is 0 Å². The van der Waals surface area contributed by atoms with Crippen LogP contribution in [-0.2, 0) is 0 Å². The standard InChI is InChI=1S/3C24H20N2Se/c3*1-17-3-7-19(8-4-17)11-13-21-15-16-22(24-23(21)25-27-26-24)14-12-20-9-5-18(2)6-10-20/h3*3-16H,1-2H3/b3*13-11+,14-12+. The molecule has 0 saturated heterocycles. The number of benzene rings is 9. The Bertz CT molecular complexity index is 3520. The molecule has 0 bridgehead atoms. The van der Waals surface area contributed by atoms with Gasteiger partial charge >= 0.3 is 498 Å². The molecule has 0 spiro atoms. The van der Waals surface area contributed by atoms with E-state index in [2.05, 4.69) is 320 Å². The minimum absolute atomic E-state index is 0.0530. The predicted octanol–water partition coefficient (Wildman–Crippen LogP) is 16.9. The SMILES string of the molecule is Cc1ccc(/C=C/c2ccc(/C=C/c3ccc(C)cc3)c3n[se]nc23)cc1.Cc1ccc(/C=C/c2ccc(/C=C/c3ccc(C)cc3)c3n[se]nc23)cc1.Cc1ccc(/C=C/c2ccc(/C=C/c3ccc(C)cc3)c3n[se]nc23)cc1. The maximum atomic E-state index is 4.66. The van der Waals surface area contributed by atoms with Crippen molar-refractivity contribution in [2.24, 2.45) is 0 Å². The summed E-state index contributed by atoms with van der Waals surface area (Å²) in [7, 11) is 0. The number of nitrogens with zero attached hydrogens (tertiary/aromatic N) is 6. The fourth-order valence-electron chi connectivity index (χ4n) is 8.70. The van der Waals surface area contributed by atoms with Gasteiger partial charge < -0.3 is 0 Å². The summed E-state index contributed by atoms with van der Waals surface area (Å²) in [6.07, 6.45) is 25.6. The molecule has 3 heterocycles. The van der Waals surface area contributed by atoms with Crippen LogP contribution in [0.25, 0.3) is 106 Å². The van der Waals surface area contributed by atoms with E-state index in [0.29, 0.717) is 0 Å². The molecular formula is C72H60N6Se3. The van der Waals surface area contributed by atoms with Crippen molar-refractivity contribution in [3.8, 4) is 0 Å². The van der Waals surface area contributed by atoms with Crippen LogP contribution in [-0.4, -0.2) is 68.8 Å². The summed E-state index contributed by atoms with van der Waals surface area (Å²) >= 11 is -0.159. The van der Waals surface area contributed by atoms with Crippen molar-refractivity contribution in [1.82, 2.24) is 23.9 Å². The summed E-state index contributed by atoms with van der Waals surface area (Å²) in [6, 6.07) is 64.0. The van der Waals surface area contributed by atoms with E-state index in [1.165, 1.54) is 66.8 Å². The van der Waals surface area contributed by atoms with Crippen molar-refractivity contribution < 1.29 is 0 Å². The zero-order valence-electron chi connectivity index (χ0n) is 46.2. The Morgan fingerprint density at radius 1 is 0.185 bits per heavy atom. The van der Waals surface area contributed by atoms with Crippen molar-refractivity contribution in [3.05, 3.63) is 282 Å². The van der Waals surface area contributed by atoms with Gasteiger partial charge in [-0.1, -0.05) is 0 Å². The molecule has 0 atom stereocenters. The molecule has 0 aliphatic heterocycles. The molecule has 0 saturated carbocycles. The first-order valence-corrected chi connectivity index (χ1v) is 31.4. The van der Waals surface area contributed by atoms with Crippen molar-refractivity contribution >= 4 is 151 Å². The van der Waals surface area contributed by atoms with Crippen LogP contribution < -0.4 is 0 Å². The predicted molar refractivity (Wildman–Crippen MR) is 350 cm³/mol. The third kappa shape index (κ3) is 15.4. The van der Waals surface area contributed by atoms with Gasteiger partial charge in [-0.3, -0.25) is 0 Å². The second-order valence-electron chi connectivity index (χ2n) is 20.1. The average Bonchev–Trinajstić information content (AvgIpc) is 4.38. The van der Waals surface area contributed by atoms with Crippen LogP contribution >= 0.6 is 0 Å². The van der Waals surface area contributed by atoms with Gasteiger partial charge in [0.2, 0.25) is 0 Å². The van der Waals surface area contributed by atoms with Crippen molar-refractivity contribution in [1.29, 1.82) is 0 Å². The van der Waals surface area contributed by atoms with Crippen LogP contribution in [0.15, 0.2) is 182 Å². The molecule has 12 aromatic rings. The maximum absolute atomic E-state index is 4.66. The summed E-state index contributed by atoms with van der Waals surface area (Å²) in [6.45, 7) is 12.6. The van der Waals surface area contributed by atoms with Gasteiger partial charge in [0.25, 0.3) is 0 Å². The molecule has 81 heavy (non-hydrogen) atoms. The van der Waals surface area contributed by atoms with E-state index >= 15 is 0 Å². The van der Waals surface area contributed by atoms with E-state index in [0.717, 1.165) is 66.5 Å². The van der Waals surface area contributed by atoms with Gasteiger partial charge in [0.15, 0.2) is 0 Å². The quantitative estimate of drug-likeness (QED) is 0.0896. The molecule has 0 N–H and O–H groups in total. The molecule has 0 aliphatic rings. The summed E-state index contributed by atoms with van der Waals surface area (Å²) in [4.78, 5) is 0. The van der Waals surface area contributed by atoms with Gasteiger partial charge in [-0.25, -0.2) is 0 Å². The number of hydrogen-bond acceptors (Lipinski definition) is 6. The summed E-state index contributed by atoms with van der Waals surface area (Å²) in [5.74, 6) is 0. The van der Waals surface area contributed by atoms with Crippen LogP contribution in [0.3, 0.4) is 0 Å². The average molecular weight is 1250 g/mol. The molecule has 12 rings (SSSR count).